The maximum Gasteiger partial charge on any atom is 0.413 e. The molecule has 0 radical (unpaired) electrons. The lowest BCUT2D eigenvalue weighted by Gasteiger charge is -2.19. The van der Waals surface area contributed by atoms with Crippen LogP contribution in [0.3, 0.4) is 0 Å². The SMILES string of the molecule is CC(C)c1ccc(OC(=O)NCCC(C)N(C)C)nc1. The fourth-order valence-electron chi connectivity index (χ4n) is 1.57. The van der Waals surface area contributed by atoms with Gasteiger partial charge in [-0.05, 0) is 38.9 Å². The molecule has 1 aromatic heterocycles. The minimum atomic E-state index is -0.458. The maximum atomic E-state index is 11.6. The van der Waals surface area contributed by atoms with Crippen LogP contribution in [0.15, 0.2) is 18.3 Å². The van der Waals surface area contributed by atoms with Crippen LogP contribution in [0, 0.1) is 0 Å². The van der Waals surface area contributed by atoms with Gasteiger partial charge in [-0.15, -0.1) is 0 Å². The molecule has 5 nitrogen and oxygen atoms in total. The van der Waals surface area contributed by atoms with Gasteiger partial charge in [0, 0.05) is 24.8 Å². The minimum Gasteiger partial charge on any atom is -0.391 e. The molecule has 0 saturated heterocycles. The zero-order valence-corrected chi connectivity index (χ0v) is 13.0. The van der Waals surface area contributed by atoms with Crippen LogP contribution in [0.4, 0.5) is 4.79 Å². The van der Waals surface area contributed by atoms with Crippen molar-refractivity contribution < 1.29 is 9.53 Å². The van der Waals surface area contributed by atoms with E-state index in [0.717, 1.165) is 12.0 Å². The Hall–Kier alpha value is -1.62. The fraction of sp³-hybridized carbons (Fsp3) is 0.600. The summed E-state index contributed by atoms with van der Waals surface area (Å²) in [5, 5.41) is 2.73. The summed E-state index contributed by atoms with van der Waals surface area (Å²) in [5.41, 5.74) is 1.12. The number of hydrogen-bond donors (Lipinski definition) is 1. The molecule has 1 aromatic rings. The van der Waals surface area contributed by atoms with Gasteiger partial charge < -0.3 is 15.0 Å². The largest absolute Gasteiger partial charge is 0.413 e. The molecule has 1 unspecified atom stereocenters. The molecule has 0 aliphatic heterocycles. The van der Waals surface area contributed by atoms with E-state index in [1.54, 1.807) is 12.3 Å². The Balaban J connectivity index is 2.35. The first-order chi connectivity index (χ1) is 9.40. The molecule has 0 saturated carbocycles. The molecule has 0 bridgehead atoms. The lowest BCUT2D eigenvalue weighted by Crippen LogP contribution is -2.33. The van der Waals surface area contributed by atoms with Crippen molar-refractivity contribution in [2.45, 2.75) is 39.2 Å². The Labute approximate surface area is 121 Å². The van der Waals surface area contributed by atoms with Crippen LogP contribution in [-0.4, -0.2) is 42.7 Å². The second kappa shape index (κ2) is 7.85. The summed E-state index contributed by atoms with van der Waals surface area (Å²) in [4.78, 5) is 17.8. The van der Waals surface area contributed by atoms with E-state index >= 15 is 0 Å². The van der Waals surface area contributed by atoms with Gasteiger partial charge in [-0.2, -0.15) is 0 Å². The summed E-state index contributed by atoms with van der Waals surface area (Å²) in [6.45, 7) is 6.88. The second-order valence-electron chi connectivity index (χ2n) is 5.50. The highest BCUT2D eigenvalue weighted by atomic mass is 16.6. The number of carbonyl (C=O) groups is 1. The number of nitrogens with one attached hydrogen (secondary N) is 1. The topological polar surface area (TPSA) is 54.5 Å². The number of carbonyl (C=O) groups excluding carboxylic acids is 1. The normalized spacial score (nSPS) is 12.6. The standard InChI is InChI=1S/C15H25N3O2/c1-11(2)13-6-7-14(17-10-13)20-15(19)16-9-8-12(3)18(4)5/h6-7,10-12H,8-9H2,1-5H3,(H,16,19). The predicted octanol–water partition coefficient (Wildman–Crippen LogP) is 2.63. The first-order valence-corrected chi connectivity index (χ1v) is 6.98. The van der Waals surface area contributed by atoms with Gasteiger partial charge in [0.1, 0.15) is 0 Å². The van der Waals surface area contributed by atoms with Gasteiger partial charge in [0.25, 0.3) is 0 Å². The molecule has 0 aliphatic rings. The van der Waals surface area contributed by atoms with Crippen LogP contribution in [0.5, 0.6) is 5.88 Å². The van der Waals surface area contributed by atoms with Crippen molar-refractivity contribution in [1.29, 1.82) is 0 Å². The van der Waals surface area contributed by atoms with Crippen molar-refractivity contribution in [3.8, 4) is 5.88 Å². The van der Waals surface area contributed by atoms with E-state index in [1.165, 1.54) is 0 Å². The highest BCUT2D eigenvalue weighted by molar-refractivity contribution is 5.69. The van der Waals surface area contributed by atoms with Crippen LogP contribution >= 0.6 is 0 Å². The van der Waals surface area contributed by atoms with Gasteiger partial charge in [-0.3, -0.25) is 0 Å². The zero-order chi connectivity index (χ0) is 15.1. The predicted molar refractivity (Wildman–Crippen MR) is 80.1 cm³/mol. The summed E-state index contributed by atoms with van der Waals surface area (Å²) in [7, 11) is 4.03. The van der Waals surface area contributed by atoms with Crippen molar-refractivity contribution in [1.82, 2.24) is 15.2 Å². The lowest BCUT2D eigenvalue weighted by molar-refractivity contribution is 0.196. The van der Waals surface area contributed by atoms with Crippen molar-refractivity contribution >= 4 is 6.09 Å². The van der Waals surface area contributed by atoms with Crippen molar-refractivity contribution in [3.63, 3.8) is 0 Å². The summed E-state index contributed by atoms with van der Waals surface area (Å²) >= 11 is 0. The monoisotopic (exact) mass is 279 g/mol. The highest BCUT2D eigenvalue weighted by Gasteiger charge is 2.08. The average molecular weight is 279 g/mol. The third-order valence-corrected chi connectivity index (χ3v) is 3.34. The summed E-state index contributed by atoms with van der Waals surface area (Å²) in [6, 6.07) is 4.06. The molecule has 20 heavy (non-hydrogen) atoms. The molecule has 1 heterocycles. The zero-order valence-electron chi connectivity index (χ0n) is 13.0. The van der Waals surface area contributed by atoms with Crippen molar-refractivity contribution in [3.05, 3.63) is 23.9 Å². The Morgan fingerprint density at radius 3 is 2.55 bits per heavy atom. The molecule has 0 aromatic carbocycles. The Morgan fingerprint density at radius 1 is 1.35 bits per heavy atom. The Bertz CT molecular complexity index is 416. The molecular formula is C15H25N3O2. The molecule has 0 fully saturated rings. The number of nitrogens with zero attached hydrogens (tertiary/aromatic N) is 2. The molecule has 1 amide bonds. The van der Waals surface area contributed by atoms with Crippen LogP contribution in [0.25, 0.3) is 0 Å². The van der Waals surface area contributed by atoms with Gasteiger partial charge in [-0.25, -0.2) is 9.78 Å². The number of aromatic nitrogens is 1. The first-order valence-electron chi connectivity index (χ1n) is 6.98. The number of ether oxygens (including phenoxy) is 1. The quantitative estimate of drug-likeness (QED) is 0.869. The van der Waals surface area contributed by atoms with E-state index in [-0.39, 0.29) is 0 Å². The number of pyridine rings is 1. The highest BCUT2D eigenvalue weighted by Crippen LogP contribution is 2.15. The molecule has 0 aliphatic carbocycles. The van der Waals surface area contributed by atoms with Gasteiger partial charge in [0.15, 0.2) is 0 Å². The number of rotatable bonds is 6. The molecule has 0 spiro atoms. The summed E-state index contributed by atoms with van der Waals surface area (Å²) in [6.07, 6.45) is 2.16. The molecular weight excluding hydrogens is 254 g/mol. The third kappa shape index (κ3) is 5.57. The van der Waals surface area contributed by atoms with E-state index in [0.29, 0.717) is 24.4 Å². The molecule has 1 rings (SSSR count). The fourth-order valence-corrected chi connectivity index (χ4v) is 1.57. The number of hydrogen-bond acceptors (Lipinski definition) is 4. The van der Waals surface area contributed by atoms with E-state index < -0.39 is 6.09 Å². The van der Waals surface area contributed by atoms with Crippen LogP contribution in [0.2, 0.25) is 0 Å². The van der Waals surface area contributed by atoms with E-state index in [4.69, 9.17) is 4.74 Å². The lowest BCUT2D eigenvalue weighted by atomic mass is 10.1. The summed E-state index contributed by atoms with van der Waals surface area (Å²) in [5.74, 6) is 0.741. The molecule has 1 atom stereocenters. The average Bonchev–Trinajstić information content (AvgIpc) is 2.39. The van der Waals surface area contributed by atoms with Gasteiger partial charge in [0.05, 0.1) is 0 Å². The van der Waals surface area contributed by atoms with Crippen LogP contribution in [-0.2, 0) is 0 Å². The molecule has 112 valence electrons. The Kier molecular flexibility index (Phi) is 6.45. The molecule has 5 heteroatoms. The van der Waals surface area contributed by atoms with Crippen molar-refractivity contribution in [2.75, 3.05) is 20.6 Å². The van der Waals surface area contributed by atoms with Crippen LogP contribution in [0.1, 0.15) is 38.7 Å². The smallest absolute Gasteiger partial charge is 0.391 e. The van der Waals surface area contributed by atoms with E-state index in [1.807, 2.05) is 20.2 Å². The van der Waals surface area contributed by atoms with E-state index in [9.17, 15) is 4.79 Å². The van der Waals surface area contributed by atoms with Gasteiger partial charge >= 0.3 is 6.09 Å². The Morgan fingerprint density at radius 2 is 2.05 bits per heavy atom. The van der Waals surface area contributed by atoms with Gasteiger partial charge in [0.2, 0.25) is 5.88 Å². The first kappa shape index (κ1) is 16.4. The number of amides is 1. The van der Waals surface area contributed by atoms with Gasteiger partial charge in [-0.1, -0.05) is 19.9 Å². The third-order valence-electron chi connectivity index (χ3n) is 3.34. The van der Waals surface area contributed by atoms with Crippen molar-refractivity contribution in [2.24, 2.45) is 0 Å². The summed E-state index contributed by atoms with van der Waals surface area (Å²) < 4.78 is 5.12. The molecule has 1 N–H and O–H groups in total. The minimum absolute atomic E-state index is 0.326. The van der Waals surface area contributed by atoms with E-state index in [2.05, 4.69) is 36.0 Å². The second-order valence-corrected chi connectivity index (χ2v) is 5.50. The van der Waals surface area contributed by atoms with Crippen LogP contribution < -0.4 is 10.1 Å². The maximum absolute atomic E-state index is 11.6.